The minimum Gasteiger partial charge on any atom is -0.299 e. The van der Waals surface area contributed by atoms with Gasteiger partial charge in [0, 0.05) is 5.02 Å². The largest absolute Gasteiger partial charge is 0.299 e. The van der Waals surface area contributed by atoms with Gasteiger partial charge in [-0.1, -0.05) is 66.2 Å². The topological polar surface area (TPSA) is 17.1 Å². The van der Waals surface area contributed by atoms with Gasteiger partial charge in [0.1, 0.15) is 6.29 Å². The van der Waals surface area contributed by atoms with Gasteiger partial charge >= 0.3 is 0 Å². The molecule has 0 amide bonds. The van der Waals surface area contributed by atoms with Crippen LogP contribution in [0.3, 0.4) is 0 Å². The van der Waals surface area contributed by atoms with Crippen molar-refractivity contribution in [3.8, 4) is 0 Å². The number of benzene rings is 2. The third-order valence-corrected chi connectivity index (χ3v) is 2.93. The average molecular weight is 269 g/mol. The predicted octanol–water partition coefficient (Wildman–Crippen LogP) is 4.64. The van der Waals surface area contributed by atoms with E-state index in [9.17, 15) is 4.79 Å². The van der Waals surface area contributed by atoms with Crippen molar-refractivity contribution in [3.05, 3.63) is 82.9 Å². The Balaban J connectivity index is 2.25. The van der Waals surface area contributed by atoms with Gasteiger partial charge in [0.2, 0.25) is 0 Å². The highest BCUT2D eigenvalue weighted by Gasteiger charge is 1.96. The van der Waals surface area contributed by atoms with Crippen LogP contribution in [0.4, 0.5) is 0 Å². The summed E-state index contributed by atoms with van der Waals surface area (Å²) in [6.07, 6.45) is 6.24. The molecule has 2 aromatic carbocycles. The summed E-state index contributed by atoms with van der Waals surface area (Å²) >= 11 is 5.84. The smallest absolute Gasteiger partial charge is 0.143 e. The zero-order chi connectivity index (χ0) is 13.5. The molecule has 2 heteroatoms. The van der Waals surface area contributed by atoms with Crippen molar-refractivity contribution in [2.45, 2.75) is 0 Å². The maximum atomic E-state index is 10.7. The normalized spacial score (nSPS) is 11.7. The van der Waals surface area contributed by atoms with Crippen molar-refractivity contribution in [1.82, 2.24) is 0 Å². The highest BCUT2D eigenvalue weighted by molar-refractivity contribution is 6.30. The predicted molar refractivity (Wildman–Crippen MR) is 81.0 cm³/mol. The van der Waals surface area contributed by atoms with E-state index in [2.05, 4.69) is 0 Å². The fourth-order valence-electron chi connectivity index (χ4n) is 1.71. The second-order valence-corrected chi connectivity index (χ2v) is 4.45. The molecule has 2 aromatic rings. The molecular formula is C17H13ClO. The van der Waals surface area contributed by atoms with Gasteiger partial charge in [0.15, 0.2) is 0 Å². The standard InChI is InChI=1S/C17H13ClO/c18-17-10-7-14(8-11-17)6-9-16(12-13-19)15-4-2-1-3-5-15/h1-13H/b9-6+,16-12-. The molecule has 0 unspecified atom stereocenters. The zero-order valence-electron chi connectivity index (χ0n) is 10.3. The zero-order valence-corrected chi connectivity index (χ0v) is 11.0. The number of aldehydes is 1. The lowest BCUT2D eigenvalue weighted by molar-refractivity contribution is -0.104. The molecule has 0 aliphatic rings. The third-order valence-electron chi connectivity index (χ3n) is 2.68. The van der Waals surface area contributed by atoms with E-state index in [-0.39, 0.29) is 0 Å². The van der Waals surface area contributed by atoms with Gasteiger partial charge in [0.25, 0.3) is 0 Å². The Bertz CT molecular complexity index is 595. The van der Waals surface area contributed by atoms with E-state index in [1.54, 1.807) is 6.08 Å². The van der Waals surface area contributed by atoms with Crippen molar-refractivity contribution in [2.75, 3.05) is 0 Å². The average Bonchev–Trinajstić information content (AvgIpc) is 2.46. The maximum absolute atomic E-state index is 10.7. The van der Waals surface area contributed by atoms with Crippen LogP contribution < -0.4 is 0 Å². The van der Waals surface area contributed by atoms with E-state index in [1.165, 1.54) is 0 Å². The Morgan fingerprint density at radius 2 is 1.63 bits per heavy atom. The summed E-state index contributed by atoms with van der Waals surface area (Å²) in [4.78, 5) is 10.7. The highest BCUT2D eigenvalue weighted by Crippen LogP contribution is 2.17. The van der Waals surface area contributed by atoms with Crippen LogP contribution in [0.5, 0.6) is 0 Å². The molecule has 19 heavy (non-hydrogen) atoms. The SMILES string of the molecule is O=C/C=C(/C=C/c1ccc(Cl)cc1)c1ccccc1. The number of halogens is 1. The van der Waals surface area contributed by atoms with E-state index in [0.717, 1.165) is 23.0 Å². The number of carbonyl (C=O) groups is 1. The molecule has 0 radical (unpaired) electrons. The lowest BCUT2D eigenvalue weighted by Gasteiger charge is -2.01. The molecule has 0 bridgehead atoms. The molecule has 0 N–H and O–H groups in total. The first-order valence-corrected chi connectivity index (χ1v) is 6.32. The van der Waals surface area contributed by atoms with Crippen LogP contribution in [0.2, 0.25) is 5.02 Å². The first-order chi connectivity index (χ1) is 9.29. The lowest BCUT2D eigenvalue weighted by Crippen LogP contribution is -1.81. The summed E-state index contributed by atoms with van der Waals surface area (Å²) in [5, 5.41) is 0.712. The molecule has 0 fully saturated rings. The van der Waals surface area contributed by atoms with Gasteiger partial charge in [-0.05, 0) is 34.9 Å². The molecule has 2 rings (SSSR count). The van der Waals surface area contributed by atoms with E-state index >= 15 is 0 Å². The number of rotatable bonds is 4. The number of carbonyl (C=O) groups excluding carboxylic acids is 1. The van der Waals surface area contributed by atoms with Crippen LogP contribution in [-0.2, 0) is 4.79 Å². The van der Waals surface area contributed by atoms with E-state index in [0.29, 0.717) is 5.02 Å². The molecule has 0 spiro atoms. The fraction of sp³-hybridized carbons (Fsp3) is 0. The minimum atomic E-state index is 0.712. The quantitative estimate of drug-likeness (QED) is 0.449. The van der Waals surface area contributed by atoms with Crippen LogP contribution >= 0.6 is 11.6 Å². The van der Waals surface area contributed by atoms with Crippen molar-refractivity contribution in [2.24, 2.45) is 0 Å². The molecular weight excluding hydrogens is 256 g/mol. The molecule has 0 atom stereocenters. The Kier molecular flexibility index (Phi) is 4.71. The number of allylic oxidation sites excluding steroid dienone is 3. The summed E-state index contributed by atoms with van der Waals surface area (Å²) in [5.74, 6) is 0. The summed E-state index contributed by atoms with van der Waals surface area (Å²) in [6, 6.07) is 17.3. The van der Waals surface area contributed by atoms with Gasteiger partial charge in [0.05, 0.1) is 0 Å². The fourth-order valence-corrected chi connectivity index (χ4v) is 1.84. The van der Waals surface area contributed by atoms with E-state index in [4.69, 9.17) is 11.6 Å². The van der Waals surface area contributed by atoms with Crippen LogP contribution in [0.25, 0.3) is 11.6 Å². The number of hydrogen-bond donors (Lipinski definition) is 0. The summed E-state index contributed by atoms with van der Waals surface area (Å²) in [5.41, 5.74) is 2.93. The maximum Gasteiger partial charge on any atom is 0.143 e. The van der Waals surface area contributed by atoms with Crippen molar-refractivity contribution >= 4 is 29.5 Å². The van der Waals surface area contributed by atoms with Gasteiger partial charge in [-0.15, -0.1) is 0 Å². The van der Waals surface area contributed by atoms with E-state index in [1.807, 2.05) is 66.7 Å². The monoisotopic (exact) mass is 268 g/mol. The summed E-state index contributed by atoms with van der Waals surface area (Å²) < 4.78 is 0. The van der Waals surface area contributed by atoms with Gasteiger partial charge in [-0.25, -0.2) is 0 Å². The van der Waals surface area contributed by atoms with Crippen LogP contribution in [-0.4, -0.2) is 6.29 Å². The molecule has 0 aliphatic carbocycles. The lowest BCUT2D eigenvalue weighted by atomic mass is 10.0. The second kappa shape index (κ2) is 6.72. The van der Waals surface area contributed by atoms with Crippen molar-refractivity contribution in [1.29, 1.82) is 0 Å². The van der Waals surface area contributed by atoms with Crippen LogP contribution in [0.1, 0.15) is 11.1 Å². The third kappa shape index (κ3) is 3.94. The first-order valence-electron chi connectivity index (χ1n) is 5.94. The Morgan fingerprint density at radius 1 is 0.947 bits per heavy atom. The van der Waals surface area contributed by atoms with Gasteiger partial charge < -0.3 is 0 Å². The molecule has 0 saturated heterocycles. The molecule has 1 nitrogen and oxygen atoms in total. The molecule has 0 heterocycles. The molecule has 0 aliphatic heterocycles. The van der Waals surface area contributed by atoms with E-state index < -0.39 is 0 Å². The summed E-state index contributed by atoms with van der Waals surface area (Å²) in [7, 11) is 0. The van der Waals surface area contributed by atoms with Crippen LogP contribution in [0, 0.1) is 0 Å². The second-order valence-electron chi connectivity index (χ2n) is 4.01. The van der Waals surface area contributed by atoms with Crippen molar-refractivity contribution < 1.29 is 4.79 Å². The van der Waals surface area contributed by atoms with Gasteiger partial charge in [-0.2, -0.15) is 0 Å². The highest BCUT2D eigenvalue weighted by atomic mass is 35.5. The number of hydrogen-bond acceptors (Lipinski definition) is 1. The Hall–Kier alpha value is -2.12. The summed E-state index contributed by atoms with van der Waals surface area (Å²) in [6.45, 7) is 0. The van der Waals surface area contributed by atoms with Gasteiger partial charge in [-0.3, -0.25) is 4.79 Å². The van der Waals surface area contributed by atoms with Crippen molar-refractivity contribution in [3.63, 3.8) is 0 Å². The molecule has 94 valence electrons. The first kappa shape index (κ1) is 13.3. The van der Waals surface area contributed by atoms with Crippen LogP contribution in [0.15, 0.2) is 66.7 Å². The Labute approximate surface area is 117 Å². The molecule has 0 saturated carbocycles. The minimum absolute atomic E-state index is 0.712. The Morgan fingerprint density at radius 3 is 2.26 bits per heavy atom. The molecule has 0 aromatic heterocycles.